The standard InChI is InChI=1S/C21H20ClN5O5/c1-31-21(30)16-12-19-26(8-3-9-27(19)24-16)20(29)7-6-17(28)23-18-11-15(25-32-18)13-4-2-5-14(22)10-13/h2,4-5,10-12H,3,6-9H2,1H3,(H,23,28). The maximum Gasteiger partial charge on any atom is 0.358 e. The summed E-state index contributed by atoms with van der Waals surface area (Å²) < 4.78 is 11.4. The smallest absolute Gasteiger partial charge is 0.358 e. The van der Waals surface area contributed by atoms with Crippen LogP contribution >= 0.6 is 11.6 Å². The SMILES string of the molecule is COC(=O)c1cc2n(n1)CCCN2C(=O)CCC(=O)Nc1cc(-c2cccc(Cl)c2)no1. The molecular weight excluding hydrogens is 438 g/mol. The highest BCUT2D eigenvalue weighted by Crippen LogP contribution is 2.25. The zero-order chi connectivity index (χ0) is 22.7. The number of aryl methyl sites for hydroxylation is 1. The number of hydrogen-bond donors (Lipinski definition) is 1. The Kier molecular flexibility index (Phi) is 6.22. The number of ether oxygens (including phenoxy) is 1. The molecular formula is C21H20ClN5O5. The van der Waals surface area contributed by atoms with E-state index in [9.17, 15) is 14.4 Å². The third-order valence-corrected chi connectivity index (χ3v) is 5.18. The number of carbonyl (C=O) groups is 3. The molecule has 32 heavy (non-hydrogen) atoms. The summed E-state index contributed by atoms with van der Waals surface area (Å²) in [6.07, 6.45) is 0.637. The van der Waals surface area contributed by atoms with Crippen molar-refractivity contribution in [1.82, 2.24) is 14.9 Å². The minimum absolute atomic E-state index is 0.0140. The van der Waals surface area contributed by atoms with Gasteiger partial charge in [-0.15, -0.1) is 0 Å². The number of hydrogen-bond acceptors (Lipinski definition) is 7. The Morgan fingerprint density at radius 2 is 2.03 bits per heavy atom. The van der Waals surface area contributed by atoms with Gasteiger partial charge in [-0.05, 0) is 18.6 Å². The molecule has 1 N–H and O–H groups in total. The molecule has 1 aliphatic rings. The van der Waals surface area contributed by atoms with Gasteiger partial charge in [-0.2, -0.15) is 5.10 Å². The third-order valence-electron chi connectivity index (χ3n) is 4.94. The van der Waals surface area contributed by atoms with Crippen LogP contribution in [0.25, 0.3) is 11.3 Å². The largest absolute Gasteiger partial charge is 0.464 e. The van der Waals surface area contributed by atoms with Crippen molar-refractivity contribution in [3.05, 3.63) is 47.1 Å². The molecule has 0 saturated heterocycles. The van der Waals surface area contributed by atoms with Crippen molar-refractivity contribution in [2.75, 3.05) is 23.9 Å². The maximum absolute atomic E-state index is 12.7. The fraction of sp³-hybridized carbons (Fsp3) is 0.286. The predicted octanol–water partition coefficient (Wildman–Crippen LogP) is 3.13. The molecule has 0 saturated carbocycles. The normalized spacial score (nSPS) is 12.9. The van der Waals surface area contributed by atoms with Crippen LogP contribution in [0, 0.1) is 0 Å². The zero-order valence-electron chi connectivity index (χ0n) is 17.2. The van der Waals surface area contributed by atoms with Gasteiger partial charge in [0.15, 0.2) is 5.69 Å². The number of methoxy groups -OCH3 is 1. The van der Waals surface area contributed by atoms with Crippen molar-refractivity contribution in [3.63, 3.8) is 0 Å². The van der Waals surface area contributed by atoms with Crippen LogP contribution in [-0.4, -0.2) is 46.4 Å². The summed E-state index contributed by atoms with van der Waals surface area (Å²) in [4.78, 5) is 38.3. The molecule has 0 fully saturated rings. The first kappa shape index (κ1) is 21.6. The molecule has 10 nitrogen and oxygen atoms in total. The monoisotopic (exact) mass is 457 g/mol. The van der Waals surface area contributed by atoms with Gasteiger partial charge in [0.25, 0.3) is 0 Å². The lowest BCUT2D eigenvalue weighted by atomic mass is 10.1. The van der Waals surface area contributed by atoms with Crippen LogP contribution in [-0.2, 0) is 20.9 Å². The second kappa shape index (κ2) is 9.23. The average Bonchev–Trinajstić information content (AvgIpc) is 3.44. The highest BCUT2D eigenvalue weighted by atomic mass is 35.5. The van der Waals surface area contributed by atoms with Gasteiger partial charge >= 0.3 is 5.97 Å². The Hall–Kier alpha value is -3.66. The quantitative estimate of drug-likeness (QED) is 0.564. The summed E-state index contributed by atoms with van der Waals surface area (Å²) in [5.41, 5.74) is 1.42. The van der Waals surface area contributed by atoms with Crippen LogP contribution in [0.1, 0.15) is 29.8 Å². The molecule has 0 spiro atoms. The third kappa shape index (κ3) is 4.65. The van der Waals surface area contributed by atoms with E-state index in [0.717, 1.165) is 5.56 Å². The lowest BCUT2D eigenvalue weighted by Gasteiger charge is -2.27. The van der Waals surface area contributed by atoms with Crippen LogP contribution in [0.5, 0.6) is 0 Å². The van der Waals surface area contributed by atoms with E-state index in [1.165, 1.54) is 18.1 Å². The summed E-state index contributed by atoms with van der Waals surface area (Å²) >= 11 is 5.98. The molecule has 2 aromatic heterocycles. The predicted molar refractivity (Wildman–Crippen MR) is 115 cm³/mol. The molecule has 0 radical (unpaired) electrons. The fourth-order valence-corrected chi connectivity index (χ4v) is 3.60. The van der Waals surface area contributed by atoms with Crippen LogP contribution in [0.4, 0.5) is 11.7 Å². The summed E-state index contributed by atoms with van der Waals surface area (Å²) in [5.74, 6) is -0.495. The van der Waals surface area contributed by atoms with Gasteiger partial charge in [-0.1, -0.05) is 28.9 Å². The Morgan fingerprint density at radius 3 is 2.81 bits per heavy atom. The van der Waals surface area contributed by atoms with Crippen molar-refractivity contribution < 1.29 is 23.6 Å². The molecule has 2 amide bonds. The topological polar surface area (TPSA) is 120 Å². The van der Waals surface area contributed by atoms with E-state index in [1.54, 1.807) is 28.9 Å². The molecule has 1 aliphatic heterocycles. The van der Waals surface area contributed by atoms with E-state index in [1.807, 2.05) is 6.07 Å². The van der Waals surface area contributed by atoms with Crippen molar-refractivity contribution in [1.29, 1.82) is 0 Å². The molecule has 3 aromatic rings. The summed E-state index contributed by atoms with van der Waals surface area (Å²) in [6.45, 7) is 1.08. The fourth-order valence-electron chi connectivity index (χ4n) is 3.41. The van der Waals surface area contributed by atoms with E-state index in [-0.39, 0.29) is 36.2 Å². The number of anilines is 2. The van der Waals surface area contributed by atoms with Crippen molar-refractivity contribution in [3.8, 4) is 11.3 Å². The van der Waals surface area contributed by atoms with Crippen molar-refractivity contribution in [2.24, 2.45) is 0 Å². The van der Waals surface area contributed by atoms with Crippen LogP contribution in [0.3, 0.4) is 0 Å². The number of carbonyl (C=O) groups excluding carboxylic acids is 3. The van der Waals surface area contributed by atoms with Gasteiger partial charge in [0.05, 0.1) is 7.11 Å². The second-order valence-corrected chi connectivity index (χ2v) is 7.57. The maximum atomic E-state index is 12.7. The number of rotatable bonds is 6. The lowest BCUT2D eigenvalue weighted by Crippen LogP contribution is -2.37. The van der Waals surface area contributed by atoms with Crippen LogP contribution in [0.2, 0.25) is 5.02 Å². The molecule has 0 bridgehead atoms. The molecule has 0 unspecified atom stereocenters. The van der Waals surface area contributed by atoms with Gasteiger partial charge in [0, 0.05) is 48.6 Å². The van der Waals surface area contributed by atoms with Gasteiger partial charge in [-0.25, -0.2) is 9.48 Å². The second-order valence-electron chi connectivity index (χ2n) is 7.14. The first-order valence-electron chi connectivity index (χ1n) is 9.93. The number of nitrogens with one attached hydrogen (secondary N) is 1. The van der Waals surface area contributed by atoms with Crippen molar-refractivity contribution >= 4 is 41.1 Å². The zero-order valence-corrected chi connectivity index (χ0v) is 18.0. The number of halogens is 1. The Bertz CT molecular complexity index is 1170. The van der Waals surface area contributed by atoms with Crippen LogP contribution in [0.15, 0.2) is 40.9 Å². The van der Waals surface area contributed by atoms with Gasteiger partial charge in [0.1, 0.15) is 11.5 Å². The number of esters is 1. The number of amides is 2. The molecule has 0 aliphatic carbocycles. The van der Waals surface area contributed by atoms with Crippen molar-refractivity contribution in [2.45, 2.75) is 25.8 Å². The Labute approximate surface area is 188 Å². The summed E-state index contributed by atoms with van der Waals surface area (Å²) in [7, 11) is 1.27. The number of aromatic nitrogens is 3. The lowest BCUT2D eigenvalue weighted by molar-refractivity contribution is -0.122. The Balaban J connectivity index is 1.35. The molecule has 0 atom stereocenters. The molecule has 3 heterocycles. The highest BCUT2D eigenvalue weighted by Gasteiger charge is 2.26. The van der Waals surface area contributed by atoms with Gasteiger partial charge in [-0.3, -0.25) is 19.8 Å². The van der Waals surface area contributed by atoms with E-state index in [2.05, 4.69) is 20.3 Å². The molecule has 4 rings (SSSR count). The Morgan fingerprint density at radius 1 is 1.19 bits per heavy atom. The first-order valence-corrected chi connectivity index (χ1v) is 10.3. The van der Waals surface area contributed by atoms with E-state index >= 15 is 0 Å². The van der Waals surface area contributed by atoms with E-state index < -0.39 is 5.97 Å². The van der Waals surface area contributed by atoms with Gasteiger partial charge < -0.3 is 9.26 Å². The summed E-state index contributed by atoms with van der Waals surface area (Å²) in [5, 5.41) is 11.3. The first-order chi connectivity index (χ1) is 15.4. The van der Waals surface area contributed by atoms with E-state index in [0.29, 0.717) is 36.0 Å². The number of nitrogens with zero attached hydrogens (tertiary/aromatic N) is 4. The number of benzene rings is 1. The average molecular weight is 458 g/mol. The minimum atomic E-state index is -0.567. The number of fused-ring (bicyclic) bond motifs is 1. The highest BCUT2D eigenvalue weighted by molar-refractivity contribution is 6.30. The molecule has 11 heteroatoms. The minimum Gasteiger partial charge on any atom is -0.464 e. The van der Waals surface area contributed by atoms with E-state index in [4.69, 9.17) is 16.1 Å². The molecule has 1 aromatic carbocycles. The molecule has 166 valence electrons. The summed E-state index contributed by atoms with van der Waals surface area (Å²) in [6, 6.07) is 10.2. The van der Waals surface area contributed by atoms with Gasteiger partial charge in [0.2, 0.25) is 17.7 Å². The van der Waals surface area contributed by atoms with Crippen LogP contribution < -0.4 is 10.2 Å².